The van der Waals surface area contributed by atoms with Crippen LogP contribution in [0, 0.1) is 0 Å². The van der Waals surface area contributed by atoms with E-state index in [4.69, 9.17) is 0 Å². The van der Waals surface area contributed by atoms with E-state index in [2.05, 4.69) is 15.9 Å². The molecule has 0 spiro atoms. The van der Waals surface area contributed by atoms with Gasteiger partial charge in [-0.2, -0.15) is 0 Å². The topological polar surface area (TPSA) is 37.4 Å². The molecule has 1 unspecified atom stereocenters. The molecule has 23 heavy (non-hydrogen) atoms. The fourth-order valence-corrected chi connectivity index (χ4v) is 3.10. The lowest BCUT2D eigenvalue weighted by molar-refractivity contribution is -0.114. The lowest BCUT2D eigenvalue weighted by Crippen LogP contribution is -2.34. The van der Waals surface area contributed by atoms with E-state index in [-0.39, 0.29) is 17.7 Å². The molecule has 1 heterocycles. The maximum atomic E-state index is 12.5. The van der Waals surface area contributed by atoms with Gasteiger partial charge in [0.1, 0.15) is 0 Å². The third-order valence-electron chi connectivity index (χ3n) is 3.95. The van der Waals surface area contributed by atoms with Crippen molar-refractivity contribution in [3.63, 3.8) is 0 Å². The minimum atomic E-state index is -0.175. The van der Waals surface area contributed by atoms with Crippen molar-refractivity contribution < 1.29 is 9.59 Å². The monoisotopic (exact) mass is 369 g/mol. The Kier molecular flexibility index (Phi) is 4.44. The maximum absolute atomic E-state index is 12.5. The number of anilines is 1. The maximum Gasteiger partial charge on any atom is 0.251 e. The third-order valence-corrected chi connectivity index (χ3v) is 4.48. The first kappa shape index (κ1) is 15.7. The number of nitrogens with zero attached hydrogens (tertiary/aromatic N) is 1. The Morgan fingerprint density at radius 2 is 1.78 bits per heavy atom. The number of carbonyl (C=O) groups is 2. The molecule has 1 amide bonds. The fourth-order valence-electron chi connectivity index (χ4n) is 2.84. The lowest BCUT2D eigenvalue weighted by atomic mass is 10.1. The first-order chi connectivity index (χ1) is 11.1. The molecule has 1 aliphatic rings. The van der Waals surface area contributed by atoms with Gasteiger partial charge in [0, 0.05) is 27.8 Å². The molecule has 0 aliphatic carbocycles. The zero-order chi connectivity index (χ0) is 16.4. The quantitative estimate of drug-likeness (QED) is 0.601. The molecule has 2 aromatic carbocycles. The molecule has 116 valence electrons. The smallest absolute Gasteiger partial charge is 0.251 e. The van der Waals surface area contributed by atoms with Crippen LogP contribution in [0.25, 0.3) is 0 Å². The van der Waals surface area contributed by atoms with Gasteiger partial charge >= 0.3 is 0 Å². The predicted octanol–water partition coefficient (Wildman–Crippen LogP) is 4.17. The summed E-state index contributed by atoms with van der Waals surface area (Å²) in [7, 11) is 0. The van der Waals surface area contributed by atoms with E-state index < -0.39 is 0 Å². The van der Waals surface area contributed by atoms with Crippen LogP contribution >= 0.6 is 15.9 Å². The number of allylic oxidation sites excluding steroid dienone is 1. The van der Waals surface area contributed by atoms with Gasteiger partial charge in [-0.05, 0) is 55.3 Å². The van der Waals surface area contributed by atoms with Crippen LogP contribution in [-0.4, -0.2) is 17.7 Å². The minimum Gasteiger partial charge on any atom is -0.305 e. The number of amides is 1. The summed E-state index contributed by atoms with van der Waals surface area (Å²) in [6, 6.07) is 15.1. The summed E-state index contributed by atoms with van der Waals surface area (Å²) in [6.45, 7) is 2.02. The van der Waals surface area contributed by atoms with Gasteiger partial charge in [0.15, 0.2) is 5.78 Å². The lowest BCUT2D eigenvalue weighted by Gasteiger charge is -2.20. The zero-order valence-corrected chi connectivity index (χ0v) is 14.3. The fraction of sp³-hybridized carbons (Fsp3) is 0.158. The normalized spacial score (nSPS) is 16.6. The van der Waals surface area contributed by atoms with Crippen molar-refractivity contribution in [3.8, 4) is 0 Å². The Balaban J connectivity index is 1.76. The second-order valence-corrected chi connectivity index (χ2v) is 6.51. The first-order valence-electron chi connectivity index (χ1n) is 7.45. The molecule has 2 aromatic rings. The van der Waals surface area contributed by atoms with Gasteiger partial charge in [0.25, 0.3) is 5.91 Å². The van der Waals surface area contributed by atoms with E-state index in [1.165, 1.54) is 17.7 Å². The van der Waals surface area contributed by atoms with E-state index >= 15 is 0 Å². The van der Waals surface area contributed by atoms with Crippen molar-refractivity contribution in [2.75, 3.05) is 4.90 Å². The molecule has 0 saturated carbocycles. The van der Waals surface area contributed by atoms with Crippen molar-refractivity contribution >= 4 is 33.3 Å². The highest BCUT2D eigenvalue weighted by Gasteiger charge is 2.29. The number of benzene rings is 2. The Labute approximate surface area is 143 Å². The molecule has 0 bridgehead atoms. The standard InChI is InChI=1S/C19H16BrNO2/c1-13-12-15-4-2-3-5-17(15)21(13)19(23)11-10-18(22)14-6-8-16(20)9-7-14/h2-11,13H,12H2,1H3/b11-10+. The highest BCUT2D eigenvalue weighted by Crippen LogP contribution is 2.31. The molecule has 3 nitrogen and oxygen atoms in total. The van der Waals surface area contributed by atoms with Gasteiger partial charge in [0.05, 0.1) is 0 Å². The van der Waals surface area contributed by atoms with Gasteiger partial charge in [0.2, 0.25) is 0 Å². The average molecular weight is 370 g/mol. The van der Waals surface area contributed by atoms with Crippen molar-refractivity contribution in [3.05, 3.63) is 76.3 Å². The summed E-state index contributed by atoms with van der Waals surface area (Å²) in [5, 5.41) is 0. The van der Waals surface area contributed by atoms with Crippen LogP contribution in [0.4, 0.5) is 5.69 Å². The number of carbonyl (C=O) groups excluding carboxylic acids is 2. The van der Waals surface area contributed by atoms with Gasteiger partial charge in [-0.15, -0.1) is 0 Å². The summed E-state index contributed by atoms with van der Waals surface area (Å²) in [4.78, 5) is 26.4. The van der Waals surface area contributed by atoms with E-state index in [0.29, 0.717) is 5.56 Å². The van der Waals surface area contributed by atoms with Crippen LogP contribution in [0.2, 0.25) is 0 Å². The van der Waals surface area contributed by atoms with Crippen LogP contribution in [0.1, 0.15) is 22.8 Å². The molecule has 0 fully saturated rings. The second-order valence-electron chi connectivity index (χ2n) is 5.59. The van der Waals surface area contributed by atoms with Gasteiger partial charge < -0.3 is 4.90 Å². The van der Waals surface area contributed by atoms with Crippen LogP contribution in [0.3, 0.4) is 0 Å². The first-order valence-corrected chi connectivity index (χ1v) is 8.24. The van der Waals surface area contributed by atoms with E-state index in [9.17, 15) is 9.59 Å². The largest absolute Gasteiger partial charge is 0.305 e. The Hall–Kier alpha value is -2.20. The number of hydrogen-bond acceptors (Lipinski definition) is 2. The zero-order valence-electron chi connectivity index (χ0n) is 12.7. The molecular formula is C19H16BrNO2. The number of ketones is 1. The summed E-state index contributed by atoms with van der Waals surface area (Å²) in [5.41, 5.74) is 2.67. The number of fused-ring (bicyclic) bond motifs is 1. The molecule has 0 saturated heterocycles. The van der Waals surface area contributed by atoms with Crippen LogP contribution < -0.4 is 4.90 Å². The average Bonchev–Trinajstić information content (AvgIpc) is 2.88. The molecule has 1 aliphatic heterocycles. The molecule has 3 rings (SSSR count). The summed E-state index contributed by atoms with van der Waals surface area (Å²) in [6.07, 6.45) is 3.55. The SMILES string of the molecule is CC1Cc2ccccc2N1C(=O)/C=C/C(=O)c1ccc(Br)cc1. The van der Waals surface area contributed by atoms with Crippen molar-refractivity contribution in [2.24, 2.45) is 0 Å². The molecule has 0 radical (unpaired) electrons. The molecule has 0 N–H and O–H groups in total. The van der Waals surface area contributed by atoms with Crippen molar-refractivity contribution in [1.82, 2.24) is 0 Å². The highest BCUT2D eigenvalue weighted by molar-refractivity contribution is 9.10. The molecule has 1 atom stereocenters. The highest BCUT2D eigenvalue weighted by atomic mass is 79.9. The van der Waals surface area contributed by atoms with Gasteiger partial charge in [-0.1, -0.05) is 34.1 Å². The van der Waals surface area contributed by atoms with E-state index in [1.807, 2.05) is 43.3 Å². The number of halogens is 1. The summed E-state index contributed by atoms with van der Waals surface area (Å²) in [5.74, 6) is -0.334. The summed E-state index contributed by atoms with van der Waals surface area (Å²) >= 11 is 3.33. The Morgan fingerprint density at radius 3 is 2.52 bits per heavy atom. The second kappa shape index (κ2) is 6.50. The van der Waals surface area contributed by atoms with Crippen molar-refractivity contribution in [2.45, 2.75) is 19.4 Å². The number of hydrogen-bond donors (Lipinski definition) is 0. The van der Waals surface area contributed by atoms with Crippen LogP contribution in [0.5, 0.6) is 0 Å². The van der Waals surface area contributed by atoms with Gasteiger partial charge in [-0.3, -0.25) is 9.59 Å². The van der Waals surface area contributed by atoms with Crippen LogP contribution in [-0.2, 0) is 11.2 Å². The van der Waals surface area contributed by atoms with Crippen LogP contribution in [0.15, 0.2) is 65.2 Å². The number of para-hydroxylation sites is 1. The van der Waals surface area contributed by atoms with E-state index in [0.717, 1.165) is 16.6 Å². The number of rotatable bonds is 3. The Morgan fingerprint density at radius 1 is 1.09 bits per heavy atom. The third kappa shape index (κ3) is 3.27. The molecule has 4 heteroatoms. The van der Waals surface area contributed by atoms with Gasteiger partial charge in [-0.25, -0.2) is 0 Å². The predicted molar refractivity (Wildman–Crippen MR) is 94.7 cm³/mol. The molecule has 0 aromatic heterocycles. The summed E-state index contributed by atoms with van der Waals surface area (Å²) < 4.78 is 0.914. The Bertz CT molecular complexity index is 780. The van der Waals surface area contributed by atoms with E-state index in [1.54, 1.807) is 17.0 Å². The minimum absolute atomic E-state index is 0.104. The molecular weight excluding hydrogens is 354 g/mol. The van der Waals surface area contributed by atoms with Crippen molar-refractivity contribution in [1.29, 1.82) is 0 Å².